The van der Waals surface area contributed by atoms with Gasteiger partial charge in [0.25, 0.3) is 0 Å². The van der Waals surface area contributed by atoms with Crippen LogP contribution in [0, 0.1) is 0 Å². The summed E-state index contributed by atoms with van der Waals surface area (Å²) in [7, 11) is 0. The molecule has 0 atom stereocenters. The maximum atomic E-state index is 11.7. The number of nitrogens with zero attached hydrogens (tertiary/aromatic N) is 1. The van der Waals surface area contributed by atoms with Gasteiger partial charge >= 0.3 is 5.97 Å². The molecule has 0 radical (unpaired) electrons. The van der Waals surface area contributed by atoms with Crippen LogP contribution < -0.4 is 0 Å². The lowest BCUT2D eigenvalue weighted by molar-refractivity contribution is -0.154. The van der Waals surface area contributed by atoms with Crippen LogP contribution in [0.2, 0.25) is 0 Å². The van der Waals surface area contributed by atoms with Crippen molar-refractivity contribution in [2.24, 2.45) is 0 Å². The lowest BCUT2D eigenvalue weighted by atomic mass is 9.85. The summed E-state index contributed by atoms with van der Waals surface area (Å²) in [5.41, 5.74) is -0.660. The summed E-state index contributed by atoms with van der Waals surface area (Å²) in [6.45, 7) is 11.1. The lowest BCUT2D eigenvalue weighted by Gasteiger charge is -2.42. The molecule has 16 heavy (non-hydrogen) atoms. The van der Waals surface area contributed by atoms with E-state index in [1.807, 2.05) is 6.92 Å². The summed E-state index contributed by atoms with van der Waals surface area (Å²) in [5.74, 6) is -0.660. The molecule has 3 nitrogen and oxygen atoms in total. The first-order chi connectivity index (χ1) is 7.46. The first kappa shape index (κ1) is 15.4. The van der Waals surface area contributed by atoms with Crippen LogP contribution in [0.3, 0.4) is 0 Å². The Hall–Kier alpha value is -0.570. The first-order valence-electron chi connectivity index (χ1n) is 6.46. The fourth-order valence-electron chi connectivity index (χ4n) is 2.74. The number of carboxylic acid groups (broad SMARTS) is 1. The lowest BCUT2D eigenvalue weighted by Crippen LogP contribution is -2.57. The number of aliphatic carboxylic acids is 1. The van der Waals surface area contributed by atoms with E-state index in [0.717, 1.165) is 32.2 Å². The van der Waals surface area contributed by atoms with Gasteiger partial charge in [0.15, 0.2) is 0 Å². The SMILES string of the molecule is CCCC(CCC)(C(=O)O)N(CC)C(C)C. The van der Waals surface area contributed by atoms with Crippen molar-refractivity contribution < 1.29 is 9.90 Å². The minimum absolute atomic E-state index is 0.277. The molecule has 0 fully saturated rings. The first-order valence-corrected chi connectivity index (χ1v) is 6.46. The van der Waals surface area contributed by atoms with E-state index in [4.69, 9.17) is 0 Å². The third-order valence-corrected chi connectivity index (χ3v) is 3.24. The molecule has 1 N–H and O–H groups in total. The quantitative estimate of drug-likeness (QED) is 0.695. The minimum Gasteiger partial charge on any atom is -0.480 e. The molecule has 0 unspecified atom stereocenters. The van der Waals surface area contributed by atoms with Gasteiger partial charge in [0.1, 0.15) is 5.54 Å². The molecule has 0 aliphatic heterocycles. The zero-order valence-electron chi connectivity index (χ0n) is 11.4. The van der Waals surface area contributed by atoms with Gasteiger partial charge in [-0.15, -0.1) is 0 Å². The van der Waals surface area contributed by atoms with Gasteiger partial charge < -0.3 is 5.11 Å². The molecule has 0 aromatic rings. The average Bonchev–Trinajstić information content (AvgIpc) is 2.18. The fraction of sp³-hybridized carbons (Fsp3) is 0.923. The zero-order chi connectivity index (χ0) is 12.8. The highest BCUT2D eigenvalue weighted by Gasteiger charge is 2.42. The Balaban J connectivity index is 5.19. The van der Waals surface area contributed by atoms with Gasteiger partial charge in [-0.05, 0) is 33.2 Å². The highest BCUT2D eigenvalue weighted by atomic mass is 16.4. The van der Waals surface area contributed by atoms with E-state index in [2.05, 4.69) is 32.6 Å². The largest absolute Gasteiger partial charge is 0.480 e. The maximum absolute atomic E-state index is 11.7. The number of carbonyl (C=O) groups is 1. The molecule has 0 aliphatic rings. The van der Waals surface area contributed by atoms with Crippen molar-refractivity contribution >= 4 is 5.97 Å². The molecule has 0 bridgehead atoms. The molecular weight excluding hydrogens is 202 g/mol. The predicted octanol–water partition coefficient (Wildman–Crippen LogP) is 3.14. The van der Waals surface area contributed by atoms with E-state index in [9.17, 15) is 9.90 Å². The average molecular weight is 229 g/mol. The molecular formula is C13H27NO2. The fourth-order valence-corrected chi connectivity index (χ4v) is 2.74. The van der Waals surface area contributed by atoms with E-state index >= 15 is 0 Å². The van der Waals surface area contributed by atoms with Crippen LogP contribution in [0.4, 0.5) is 0 Å². The van der Waals surface area contributed by atoms with Crippen molar-refractivity contribution in [3.8, 4) is 0 Å². The van der Waals surface area contributed by atoms with Gasteiger partial charge in [0.05, 0.1) is 0 Å². The summed E-state index contributed by atoms with van der Waals surface area (Å²) >= 11 is 0. The molecule has 96 valence electrons. The molecule has 0 saturated heterocycles. The van der Waals surface area contributed by atoms with Gasteiger partial charge in [-0.1, -0.05) is 33.6 Å². The Morgan fingerprint density at radius 2 is 1.62 bits per heavy atom. The van der Waals surface area contributed by atoms with Crippen LogP contribution in [0.15, 0.2) is 0 Å². The standard InChI is InChI=1S/C13H27NO2/c1-6-9-13(10-7-2,12(15)16)14(8-3)11(4)5/h11H,6-10H2,1-5H3,(H,15,16). The van der Waals surface area contributed by atoms with E-state index in [-0.39, 0.29) is 6.04 Å². The predicted molar refractivity (Wildman–Crippen MR) is 67.7 cm³/mol. The van der Waals surface area contributed by atoms with Crippen molar-refractivity contribution in [3.63, 3.8) is 0 Å². The molecule has 0 amide bonds. The second-order valence-electron chi connectivity index (χ2n) is 4.72. The molecule has 0 saturated carbocycles. The van der Waals surface area contributed by atoms with E-state index in [0.29, 0.717) is 0 Å². The van der Waals surface area contributed by atoms with E-state index in [1.165, 1.54) is 0 Å². The van der Waals surface area contributed by atoms with Crippen LogP contribution in [0.25, 0.3) is 0 Å². The van der Waals surface area contributed by atoms with Crippen LogP contribution in [0.5, 0.6) is 0 Å². The Kier molecular flexibility index (Phi) is 6.65. The highest BCUT2D eigenvalue weighted by molar-refractivity contribution is 5.78. The molecule has 0 spiro atoms. The molecule has 0 aromatic carbocycles. The van der Waals surface area contributed by atoms with Gasteiger partial charge in [-0.25, -0.2) is 0 Å². The van der Waals surface area contributed by atoms with Gasteiger partial charge in [-0.2, -0.15) is 0 Å². The van der Waals surface area contributed by atoms with Gasteiger partial charge in [-0.3, -0.25) is 9.69 Å². The van der Waals surface area contributed by atoms with Crippen molar-refractivity contribution in [1.82, 2.24) is 4.90 Å². The van der Waals surface area contributed by atoms with E-state index < -0.39 is 11.5 Å². The smallest absolute Gasteiger partial charge is 0.324 e. The number of hydrogen-bond acceptors (Lipinski definition) is 2. The van der Waals surface area contributed by atoms with Crippen molar-refractivity contribution in [3.05, 3.63) is 0 Å². The molecule has 0 aliphatic carbocycles. The normalized spacial score (nSPS) is 12.4. The third kappa shape index (κ3) is 3.21. The van der Waals surface area contributed by atoms with Crippen LogP contribution in [0.1, 0.15) is 60.3 Å². The zero-order valence-corrected chi connectivity index (χ0v) is 11.4. The number of hydrogen-bond donors (Lipinski definition) is 1. The van der Waals surface area contributed by atoms with E-state index in [1.54, 1.807) is 0 Å². The second-order valence-corrected chi connectivity index (χ2v) is 4.72. The summed E-state index contributed by atoms with van der Waals surface area (Å²) in [6, 6.07) is 0.277. The number of likely N-dealkylation sites (N-methyl/N-ethyl adjacent to an activating group) is 1. The number of carboxylic acids is 1. The Morgan fingerprint density at radius 1 is 1.19 bits per heavy atom. The molecule has 0 rings (SSSR count). The van der Waals surface area contributed by atoms with Crippen molar-refractivity contribution in [1.29, 1.82) is 0 Å². The Labute approximate surface area is 99.8 Å². The number of rotatable bonds is 8. The summed E-state index contributed by atoms with van der Waals surface area (Å²) < 4.78 is 0. The van der Waals surface area contributed by atoms with Crippen LogP contribution in [-0.4, -0.2) is 34.1 Å². The van der Waals surface area contributed by atoms with Crippen molar-refractivity contribution in [2.45, 2.75) is 71.9 Å². The molecule has 0 heterocycles. The van der Waals surface area contributed by atoms with Crippen LogP contribution in [-0.2, 0) is 4.79 Å². The van der Waals surface area contributed by atoms with Crippen LogP contribution >= 0.6 is 0 Å². The minimum atomic E-state index is -0.660. The highest BCUT2D eigenvalue weighted by Crippen LogP contribution is 2.29. The van der Waals surface area contributed by atoms with Crippen molar-refractivity contribution in [2.75, 3.05) is 6.54 Å². The third-order valence-electron chi connectivity index (χ3n) is 3.24. The Bertz CT molecular complexity index is 208. The summed E-state index contributed by atoms with van der Waals surface area (Å²) in [4.78, 5) is 13.8. The molecule has 3 heteroatoms. The Morgan fingerprint density at radius 3 is 1.81 bits per heavy atom. The summed E-state index contributed by atoms with van der Waals surface area (Å²) in [5, 5.41) is 9.59. The van der Waals surface area contributed by atoms with Gasteiger partial charge in [0, 0.05) is 6.04 Å². The monoisotopic (exact) mass is 229 g/mol. The second kappa shape index (κ2) is 6.89. The maximum Gasteiger partial charge on any atom is 0.324 e. The van der Waals surface area contributed by atoms with Gasteiger partial charge in [0.2, 0.25) is 0 Å². The molecule has 0 aromatic heterocycles. The summed E-state index contributed by atoms with van der Waals surface area (Å²) in [6.07, 6.45) is 3.30. The topological polar surface area (TPSA) is 40.5 Å².